The predicted octanol–water partition coefficient (Wildman–Crippen LogP) is 3.09. The van der Waals surface area contributed by atoms with E-state index in [1.165, 1.54) is 0 Å². The lowest BCUT2D eigenvalue weighted by molar-refractivity contribution is 0.546. The Hall–Kier alpha value is -1.18. The van der Waals surface area contributed by atoms with Gasteiger partial charge in [0.05, 0.1) is 16.4 Å². The summed E-state index contributed by atoms with van der Waals surface area (Å²) in [6.45, 7) is 6.17. The van der Waals surface area contributed by atoms with Crippen molar-refractivity contribution in [3.8, 4) is 5.82 Å². The third kappa shape index (κ3) is 2.65. The van der Waals surface area contributed by atoms with Crippen LogP contribution >= 0.6 is 27.3 Å². The average Bonchev–Trinajstić information content (AvgIpc) is 3.05. The number of rotatable bonds is 5. The number of nitrogens with zero attached hydrogens (tertiary/aromatic N) is 4. The largest absolute Gasteiger partial charge is 0.311 e. The summed E-state index contributed by atoms with van der Waals surface area (Å²) in [5.74, 6) is 1.52. The van der Waals surface area contributed by atoms with Crippen molar-refractivity contribution < 1.29 is 0 Å². The van der Waals surface area contributed by atoms with Crippen LogP contribution in [-0.4, -0.2) is 25.7 Å². The highest BCUT2D eigenvalue weighted by atomic mass is 79.9. The lowest BCUT2D eigenvalue weighted by Gasteiger charge is -2.08. The number of fused-ring (bicyclic) bond motifs is 1. The Balaban J connectivity index is 1.96. The van der Waals surface area contributed by atoms with Crippen molar-refractivity contribution >= 4 is 32.2 Å². The predicted molar refractivity (Wildman–Crippen MR) is 84.4 cm³/mol. The van der Waals surface area contributed by atoms with E-state index in [1.807, 2.05) is 10.9 Å². The summed E-state index contributed by atoms with van der Waals surface area (Å²) in [5, 5.41) is 9.87. The topological polar surface area (TPSA) is 47.2 Å². The standard InChI is InChI=1S/C13H16BrN5S/c1-9(2)5-15-7-11-12(19-8-10(14)6-16-19)17-13-18(11)3-4-20-13/h3-4,6,8-9,15H,5,7H2,1-2H3. The fourth-order valence-corrected chi connectivity index (χ4v) is 3.08. The van der Waals surface area contributed by atoms with Gasteiger partial charge in [-0.2, -0.15) is 10.1 Å². The van der Waals surface area contributed by atoms with Crippen molar-refractivity contribution in [3.63, 3.8) is 0 Å². The summed E-state index contributed by atoms with van der Waals surface area (Å²) in [4.78, 5) is 5.67. The van der Waals surface area contributed by atoms with E-state index >= 15 is 0 Å². The number of hydrogen-bond acceptors (Lipinski definition) is 4. The maximum absolute atomic E-state index is 4.68. The number of halogens is 1. The number of thiazole rings is 1. The second-order valence-electron chi connectivity index (χ2n) is 5.07. The van der Waals surface area contributed by atoms with Gasteiger partial charge in [-0.15, -0.1) is 11.3 Å². The Kier molecular flexibility index (Phi) is 3.91. The number of nitrogens with one attached hydrogen (secondary N) is 1. The first kappa shape index (κ1) is 13.8. The van der Waals surface area contributed by atoms with Gasteiger partial charge in [0.2, 0.25) is 0 Å². The van der Waals surface area contributed by atoms with Gasteiger partial charge >= 0.3 is 0 Å². The Morgan fingerprint density at radius 3 is 3.00 bits per heavy atom. The number of aromatic nitrogens is 4. The molecule has 0 amide bonds. The fourth-order valence-electron chi connectivity index (χ4n) is 2.06. The first-order chi connectivity index (χ1) is 9.65. The SMILES string of the molecule is CC(C)CNCc1c(-n2cc(Br)cn2)nc2sccn12. The molecule has 20 heavy (non-hydrogen) atoms. The highest BCUT2D eigenvalue weighted by molar-refractivity contribution is 9.10. The third-order valence-electron chi connectivity index (χ3n) is 2.95. The van der Waals surface area contributed by atoms with Gasteiger partial charge in [-0.25, -0.2) is 4.68 Å². The van der Waals surface area contributed by atoms with Crippen LogP contribution in [0.2, 0.25) is 0 Å². The first-order valence-corrected chi connectivity index (χ1v) is 8.18. The van der Waals surface area contributed by atoms with Crippen LogP contribution in [0, 0.1) is 5.92 Å². The molecule has 1 N–H and O–H groups in total. The second-order valence-corrected chi connectivity index (χ2v) is 6.85. The van der Waals surface area contributed by atoms with Crippen LogP contribution in [0.1, 0.15) is 19.5 Å². The molecule has 5 nitrogen and oxygen atoms in total. The van der Waals surface area contributed by atoms with Crippen LogP contribution < -0.4 is 5.32 Å². The molecular formula is C13H16BrN5S. The van der Waals surface area contributed by atoms with Crippen LogP contribution in [-0.2, 0) is 6.54 Å². The van der Waals surface area contributed by atoms with Gasteiger partial charge in [0.25, 0.3) is 0 Å². The highest BCUT2D eigenvalue weighted by Gasteiger charge is 2.15. The van der Waals surface area contributed by atoms with Gasteiger partial charge in [0.1, 0.15) is 0 Å². The normalized spacial score (nSPS) is 11.8. The van der Waals surface area contributed by atoms with Crippen LogP contribution in [0.5, 0.6) is 0 Å². The summed E-state index contributed by atoms with van der Waals surface area (Å²) >= 11 is 5.06. The number of imidazole rings is 1. The molecule has 106 valence electrons. The van der Waals surface area contributed by atoms with Crippen LogP contribution in [0.4, 0.5) is 0 Å². The minimum absolute atomic E-state index is 0.628. The van der Waals surface area contributed by atoms with Crippen molar-refractivity contribution in [1.82, 2.24) is 24.5 Å². The molecule has 3 heterocycles. The molecular weight excluding hydrogens is 338 g/mol. The Morgan fingerprint density at radius 2 is 2.30 bits per heavy atom. The van der Waals surface area contributed by atoms with Crippen molar-refractivity contribution in [2.24, 2.45) is 5.92 Å². The third-order valence-corrected chi connectivity index (χ3v) is 4.12. The lowest BCUT2D eigenvalue weighted by Crippen LogP contribution is -2.20. The summed E-state index contributed by atoms with van der Waals surface area (Å²) in [6.07, 6.45) is 5.76. The molecule has 3 aromatic rings. The van der Waals surface area contributed by atoms with E-state index in [0.29, 0.717) is 5.92 Å². The quantitative estimate of drug-likeness (QED) is 0.766. The van der Waals surface area contributed by atoms with Crippen LogP contribution in [0.25, 0.3) is 10.8 Å². The zero-order valence-electron chi connectivity index (χ0n) is 11.4. The van der Waals surface area contributed by atoms with E-state index in [9.17, 15) is 0 Å². The van der Waals surface area contributed by atoms with Crippen molar-refractivity contribution in [1.29, 1.82) is 0 Å². The molecule has 3 aromatic heterocycles. The molecule has 0 spiro atoms. The molecule has 0 saturated carbocycles. The van der Waals surface area contributed by atoms with E-state index < -0.39 is 0 Å². The maximum atomic E-state index is 4.68. The zero-order chi connectivity index (χ0) is 14.1. The Morgan fingerprint density at radius 1 is 1.45 bits per heavy atom. The second kappa shape index (κ2) is 5.67. The summed E-state index contributed by atoms with van der Waals surface area (Å²) < 4.78 is 4.90. The molecule has 0 bridgehead atoms. The van der Waals surface area contributed by atoms with Gasteiger partial charge in [-0.1, -0.05) is 13.8 Å². The van der Waals surface area contributed by atoms with Gasteiger partial charge in [-0.05, 0) is 28.4 Å². The molecule has 0 fully saturated rings. The molecule has 0 unspecified atom stereocenters. The van der Waals surface area contributed by atoms with Crippen molar-refractivity contribution in [3.05, 3.63) is 34.1 Å². The monoisotopic (exact) mass is 353 g/mol. The highest BCUT2D eigenvalue weighted by Crippen LogP contribution is 2.21. The summed E-state index contributed by atoms with van der Waals surface area (Å²) in [5.41, 5.74) is 1.14. The summed E-state index contributed by atoms with van der Waals surface area (Å²) in [7, 11) is 0. The molecule has 0 aliphatic rings. The van der Waals surface area contributed by atoms with E-state index in [2.05, 4.69) is 61.2 Å². The van der Waals surface area contributed by atoms with E-state index in [1.54, 1.807) is 17.5 Å². The fraction of sp³-hybridized carbons (Fsp3) is 0.385. The molecule has 0 aliphatic carbocycles. The van der Waals surface area contributed by atoms with Crippen molar-refractivity contribution in [2.45, 2.75) is 20.4 Å². The van der Waals surface area contributed by atoms with E-state index in [0.717, 1.165) is 34.0 Å². The lowest BCUT2D eigenvalue weighted by atomic mass is 10.2. The van der Waals surface area contributed by atoms with Gasteiger partial charge in [0.15, 0.2) is 10.8 Å². The number of hydrogen-bond donors (Lipinski definition) is 1. The van der Waals surface area contributed by atoms with Gasteiger partial charge < -0.3 is 5.32 Å². The summed E-state index contributed by atoms with van der Waals surface area (Å²) in [6, 6.07) is 0. The maximum Gasteiger partial charge on any atom is 0.196 e. The van der Waals surface area contributed by atoms with Crippen LogP contribution in [0.15, 0.2) is 28.4 Å². The Bertz CT molecular complexity index is 711. The molecule has 0 aliphatic heterocycles. The molecule has 0 saturated heterocycles. The van der Waals surface area contributed by atoms with Gasteiger partial charge in [-0.3, -0.25) is 4.40 Å². The molecule has 3 rings (SSSR count). The van der Waals surface area contributed by atoms with Crippen molar-refractivity contribution in [2.75, 3.05) is 6.54 Å². The smallest absolute Gasteiger partial charge is 0.196 e. The van der Waals surface area contributed by atoms with E-state index in [-0.39, 0.29) is 0 Å². The van der Waals surface area contributed by atoms with E-state index in [4.69, 9.17) is 0 Å². The Labute approximate surface area is 129 Å². The first-order valence-electron chi connectivity index (χ1n) is 6.51. The molecule has 0 aromatic carbocycles. The molecule has 0 atom stereocenters. The molecule has 7 heteroatoms. The molecule has 0 radical (unpaired) electrons. The minimum Gasteiger partial charge on any atom is -0.311 e. The van der Waals surface area contributed by atoms with Crippen LogP contribution in [0.3, 0.4) is 0 Å². The van der Waals surface area contributed by atoms with Gasteiger partial charge in [0, 0.05) is 24.3 Å². The average molecular weight is 354 g/mol. The zero-order valence-corrected chi connectivity index (χ0v) is 13.8. The minimum atomic E-state index is 0.628.